The Morgan fingerprint density at radius 1 is 1.33 bits per heavy atom. The van der Waals surface area contributed by atoms with Gasteiger partial charge in [-0.2, -0.15) is 0 Å². The molecule has 1 atom stereocenters. The first-order chi connectivity index (χ1) is 8.62. The molecule has 0 aliphatic rings. The molecular weight excluding hydrogens is 288 g/mol. The van der Waals surface area contributed by atoms with Gasteiger partial charge < -0.3 is 10.6 Å². The van der Waals surface area contributed by atoms with Gasteiger partial charge in [0.25, 0.3) is 0 Å². The van der Waals surface area contributed by atoms with E-state index < -0.39 is 0 Å². The smallest absolute Gasteiger partial charge is 0.0400 e. The van der Waals surface area contributed by atoms with Crippen LogP contribution in [0.4, 0.5) is 5.69 Å². The SMILES string of the molecule is CCC(C)CN(CC)c1ccc(Br)cc1CCN. The van der Waals surface area contributed by atoms with Crippen LogP contribution in [0, 0.1) is 5.92 Å². The van der Waals surface area contributed by atoms with Gasteiger partial charge in [0, 0.05) is 23.2 Å². The molecule has 1 unspecified atom stereocenters. The second-order valence-electron chi connectivity index (χ2n) is 4.86. The van der Waals surface area contributed by atoms with Gasteiger partial charge >= 0.3 is 0 Å². The molecule has 3 heteroatoms. The van der Waals surface area contributed by atoms with Crippen molar-refractivity contribution in [1.29, 1.82) is 0 Å². The number of anilines is 1. The first kappa shape index (κ1) is 15.5. The number of hydrogen-bond acceptors (Lipinski definition) is 2. The number of benzene rings is 1. The predicted octanol–water partition coefficient (Wildman–Crippen LogP) is 3.82. The van der Waals surface area contributed by atoms with Gasteiger partial charge in [-0.25, -0.2) is 0 Å². The van der Waals surface area contributed by atoms with Gasteiger partial charge in [-0.1, -0.05) is 36.2 Å². The second kappa shape index (κ2) is 7.80. The van der Waals surface area contributed by atoms with E-state index in [1.807, 2.05) is 0 Å². The molecule has 0 aliphatic heterocycles. The zero-order valence-corrected chi connectivity index (χ0v) is 13.3. The van der Waals surface area contributed by atoms with Crippen molar-refractivity contribution in [2.75, 3.05) is 24.5 Å². The minimum absolute atomic E-state index is 0.699. The van der Waals surface area contributed by atoms with Crippen LogP contribution in [-0.4, -0.2) is 19.6 Å². The van der Waals surface area contributed by atoms with Crippen molar-refractivity contribution in [3.8, 4) is 0 Å². The van der Waals surface area contributed by atoms with Crippen molar-refractivity contribution in [2.24, 2.45) is 11.7 Å². The Kier molecular flexibility index (Phi) is 6.72. The van der Waals surface area contributed by atoms with E-state index in [1.54, 1.807) is 0 Å². The molecular formula is C15H25BrN2. The molecule has 1 rings (SSSR count). The van der Waals surface area contributed by atoms with Crippen molar-refractivity contribution in [3.05, 3.63) is 28.2 Å². The summed E-state index contributed by atoms with van der Waals surface area (Å²) in [6.07, 6.45) is 2.16. The maximum Gasteiger partial charge on any atom is 0.0400 e. The monoisotopic (exact) mass is 312 g/mol. The van der Waals surface area contributed by atoms with Crippen LogP contribution in [0.1, 0.15) is 32.8 Å². The quantitative estimate of drug-likeness (QED) is 0.829. The average Bonchev–Trinajstić information content (AvgIpc) is 2.37. The Hall–Kier alpha value is -0.540. The highest BCUT2D eigenvalue weighted by molar-refractivity contribution is 9.10. The van der Waals surface area contributed by atoms with E-state index in [0.717, 1.165) is 29.9 Å². The van der Waals surface area contributed by atoms with Gasteiger partial charge in [-0.15, -0.1) is 0 Å². The zero-order chi connectivity index (χ0) is 13.5. The minimum atomic E-state index is 0.699. The van der Waals surface area contributed by atoms with Crippen LogP contribution in [-0.2, 0) is 6.42 Å². The van der Waals surface area contributed by atoms with Gasteiger partial charge in [-0.3, -0.25) is 0 Å². The molecule has 0 saturated carbocycles. The van der Waals surface area contributed by atoms with Crippen molar-refractivity contribution in [2.45, 2.75) is 33.6 Å². The fourth-order valence-corrected chi connectivity index (χ4v) is 2.53. The normalized spacial score (nSPS) is 12.5. The molecule has 0 saturated heterocycles. The number of halogens is 1. The Morgan fingerprint density at radius 2 is 2.06 bits per heavy atom. The third-order valence-electron chi connectivity index (χ3n) is 3.41. The summed E-state index contributed by atoms with van der Waals surface area (Å²) < 4.78 is 1.13. The van der Waals surface area contributed by atoms with E-state index in [1.165, 1.54) is 17.7 Å². The van der Waals surface area contributed by atoms with Crippen LogP contribution in [0.25, 0.3) is 0 Å². The Labute approximate surface area is 120 Å². The molecule has 0 aliphatic carbocycles. The summed E-state index contributed by atoms with van der Waals surface area (Å²) in [5.41, 5.74) is 8.40. The average molecular weight is 313 g/mol. The Bertz CT molecular complexity index is 366. The van der Waals surface area contributed by atoms with Crippen molar-refractivity contribution >= 4 is 21.6 Å². The number of nitrogens with zero attached hydrogens (tertiary/aromatic N) is 1. The van der Waals surface area contributed by atoms with Gasteiger partial charge in [0.05, 0.1) is 0 Å². The van der Waals surface area contributed by atoms with Crippen molar-refractivity contribution in [1.82, 2.24) is 0 Å². The van der Waals surface area contributed by atoms with E-state index in [2.05, 4.69) is 59.8 Å². The molecule has 0 radical (unpaired) electrons. The lowest BCUT2D eigenvalue weighted by atomic mass is 10.1. The molecule has 0 heterocycles. The molecule has 0 fully saturated rings. The number of rotatable bonds is 7. The van der Waals surface area contributed by atoms with E-state index in [9.17, 15) is 0 Å². The minimum Gasteiger partial charge on any atom is -0.371 e. The number of hydrogen-bond donors (Lipinski definition) is 1. The Morgan fingerprint density at radius 3 is 2.61 bits per heavy atom. The molecule has 2 nitrogen and oxygen atoms in total. The molecule has 0 aromatic heterocycles. The molecule has 0 bridgehead atoms. The van der Waals surface area contributed by atoms with Crippen molar-refractivity contribution < 1.29 is 0 Å². The van der Waals surface area contributed by atoms with E-state index in [-0.39, 0.29) is 0 Å². The zero-order valence-electron chi connectivity index (χ0n) is 11.7. The lowest BCUT2D eigenvalue weighted by molar-refractivity contribution is 0.547. The van der Waals surface area contributed by atoms with E-state index in [4.69, 9.17) is 5.73 Å². The third kappa shape index (κ3) is 4.29. The molecule has 102 valence electrons. The molecule has 18 heavy (non-hydrogen) atoms. The molecule has 1 aromatic rings. The van der Waals surface area contributed by atoms with Gasteiger partial charge in [0.1, 0.15) is 0 Å². The van der Waals surface area contributed by atoms with E-state index in [0.29, 0.717) is 6.54 Å². The molecule has 0 spiro atoms. The summed E-state index contributed by atoms with van der Waals surface area (Å²) in [5.74, 6) is 0.722. The standard InChI is InChI=1S/C15H25BrN2/c1-4-12(3)11-18(5-2)15-7-6-14(16)10-13(15)8-9-17/h6-7,10,12H,4-5,8-9,11,17H2,1-3H3. The summed E-state index contributed by atoms with van der Waals surface area (Å²) in [5, 5.41) is 0. The van der Waals surface area contributed by atoms with Crippen LogP contribution in [0.5, 0.6) is 0 Å². The maximum atomic E-state index is 5.71. The first-order valence-corrected chi connectivity index (χ1v) is 7.65. The largest absolute Gasteiger partial charge is 0.371 e. The van der Waals surface area contributed by atoms with Gasteiger partial charge in [0.15, 0.2) is 0 Å². The topological polar surface area (TPSA) is 29.3 Å². The van der Waals surface area contributed by atoms with E-state index >= 15 is 0 Å². The first-order valence-electron chi connectivity index (χ1n) is 6.85. The summed E-state index contributed by atoms with van der Waals surface area (Å²) >= 11 is 3.54. The van der Waals surface area contributed by atoms with Crippen LogP contribution in [0.2, 0.25) is 0 Å². The number of nitrogens with two attached hydrogens (primary N) is 1. The van der Waals surface area contributed by atoms with Gasteiger partial charge in [0.2, 0.25) is 0 Å². The lowest BCUT2D eigenvalue weighted by Crippen LogP contribution is -2.29. The summed E-state index contributed by atoms with van der Waals surface area (Å²) in [6.45, 7) is 9.64. The molecule has 2 N–H and O–H groups in total. The highest BCUT2D eigenvalue weighted by Gasteiger charge is 2.12. The highest BCUT2D eigenvalue weighted by Crippen LogP contribution is 2.26. The van der Waals surface area contributed by atoms with Gasteiger partial charge in [-0.05, 0) is 49.6 Å². The predicted molar refractivity (Wildman–Crippen MR) is 84.2 cm³/mol. The maximum absolute atomic E-state index is 5.71. The molecule has 0 amide bonds. The van der Waals surface area contributed by atoms with Crippen molar-refractivity contribution in [3.63, 3.8) is 0 Å². The van der Waals surface area contributed by atoms with Crippen LogP contribution < -0.4 is 10.6 Å². The third-order valence-corrected chi connectivity index (χ3v) is 3.90. The summed E-state index contributed by atoms with van der Waals surface area (Å²) in [6, 6.07) is 6.52. The lowest BCUT2D eigenvalue weighted by Gasteiger charge is -2.28. The molecule has 1 aromatic carbocycles. The van der Waals surface area contributed by atoms with Crippen LogP contribution in [0.3, 0.4) is 0 Å². The Balaban J connectivity index is 2.96. The fourth-order valence-electron chi connectivity index (χ4n) is 2.12. The second-order valence-corrected chi connectivity index (χ2v) is 5.78. The van der Waals surface area contributed by atoms with Crippen LogP contribution >= 0.6 is 15.9 Å². The summed E-state index contributed by atoms with van der Waals surface area (Å²) in [7, 11) is 0. The van der Waals surface area contributed by atoms with Crippen LogP contribution in [0.15, 0.2) is 22.7 Å². The fraction of sp³-hybridized carbons (Fsp3) is 0.600. The summed E-state index contributed by atoms with van der Waals surface area (Å²) in [4.78, 5) is 2.46. The highest BCUT2D eigenvalue weighted by atomic mass is 79.9.